The van der Waals surface area contributed by atoms with E-state index < -0.39 is 0 Å². The summed E-state index contributed by atoms with van der Waals surface area (Å²) in [5.41, 5.74) is 0. The van der Waals surface area contributed by atoms with E-state index in [1.165, 1.54) is 11.3 Å². The highest BCUT2D eigenvalue weighted by atomic mass is 79.9. The molecule has 2 atom stereocenters. The van der Waals surface area contributed by atoms with Crippen LogP contribution in [0, 0.1) is 5.92 Å². The first-order chi connectivity index (χ1) is 6.79. The SMILES string of the molecule is ClC(c1sccc1Br)C1CCCOC1. The Morgan fingerprint density at radius 3 is 3.07 bits per heavy atom. The molecule has 1 aliphatic rings. The number of thiophene rings is 1. The highest BCUT2D eigenvalue weighted by Gasteiger charge is 2.25. The summed E-state index contributed by atoms with van der Waals surface area (Å²) in [6.07, 6.45) is 2.31. The van der Waals surface area contributed by atoms with Crippen molar-refractivity contribution >= 4 is 38.9 Å². The van der Waals surface area contributed by atoms with Gasteiger partial charge in [-0.1, -0.05) is 0 Å². The number of hydrogen-bond donors (Lipinski definition) is 0. The monoisotopic (exact) mass is 294 g/mol. The fraction of sp³-hybridized carbons (Fsp3) is 0.600. The molecule has 4 heteroatoms. The van der Waals surface area contributed by atoms with Crippen LogP contribution < -0.4 is 0 Å². The second-order valence-corrected chi connectivity index (χ2v) is 5.78. The Balaban J connectivity index is 2.07. The van der Waals surface area contributed by atoms with E-state index in [1.807, 2.05) is 0 Å². The summed E-state index contributed by atoms with van der Waals surface area (Å²) in [5, 5.41) is 2.17. The Morgan fingerprint density at radius 1 is 1.64 bits per heavy atom. The van der Waals surface area contributed by atoms with Crippen LogP contribution >= 0.6 is 38.9 Å². The lowest BCUT2D eigenvalue weighted by Crippen LogP contribution is -2.20. The standard InChI is InChI=1S/C10H12BrClOS/c11-8-3-5-14-10(8)9(12)7-2-1-4-13-6-7/h3,5,7,9H,1-2,4,6H2. The van der Waals surface area contributed by atoms with Gasteiger partial charge in [0.15, 0.2) is 0 Å². The number of hydrogen-bond acceptors (Lipinski definition) is 2. The van der Waals surface area contributed by atoms with Gasteiger partial charge in [0.1, 0.15) is 0 Å². The van der Waals surface area contributed by atoms with Crippen LogP contribution in [-0.2, 0) is 4.74 Å². The van der Waals surface area contributed by atoms with E-state index >= 15 is 0 Å². The van der Waals surface area contributed by atoms with E-state index in [0.717, 1.165) is 24.1 Å². The lowest BCUT2D eigenvalue weighted by Gasteiger charge is -2.25. The summed E-state index contributed by atoms with van der Waals surface area (Å²) in [4.78, 5) is 1.24. The molecule has 1 aromatic heterocycles. The van der Waals surface area contributed by atoms with Crippen LogP contribution in [0.2, 0.25) is 0 Å². The summed E-state index contributed by atoms with van der Waals surface area (Å²) < 4.78 is 6.58. The number of alkyl halides is 1. The summed E-state index contributed by atoms with van der Waals surface area (Å²) in [6.45, 7) is 1.70. The van der Waals surface area contributed by atoms with Crippen LogP contribution in [0.5, 0.6) is 0 Å². The topological polar surface area (TPSA) is 9.23 Å². The molecule has 0 saturated carbocycles. The van der Waals surface area contributed by atoms with E-state index in [9.17, 15) is 0 Å². The van der Waals surface area contributed by atoms with Crippen LogP contribution in [0.15, 0.2) is 15.9 Å². The van der Waals surface area contributed by atoms with Gasteiger partial charge in [-0.05, 0) is 40.2 Å². The van der Waals surface area contributed by atoms with Gasteiger partial charge in [-0.25, -0.2) is 0 Å². The summed E-state index contributed by atoms with van der Waals surface area (Å²) in [7, 11) is 0. The fourth-order valence-electron chi connectivity index (χ4n) is 1.71. The van der Waals surface area contributed by atoms with Crippen molar-refractivity contribution in [3.63, 3.8) is 0 Å². The average molecular weight is 296 g/mol. The van der Waals surface area contributed by atoms with Gasteiger partial charge in [0.05, 0.1) is 12.0 Å². The first-order valence-corrected chi connectivity index (χ1v) is 6.84. The van der Waals surface area contributed by atoms with Gasteiger partial charge in [-0.15, -0.1) is 22.9 Å². The highest BCUT2D eigenvalue weighted by molar-refractivity contribution is 9.10. The maximum absolute atomic E-state index is 6.43. The molecule has 0 aliphatic carbocycles. The van der Waals surface area contributed by atoms with Crippen molar-refractivity contribution in [2.45, 2.75) is 18.2 Å². The summed E-state index contributed by atoms with van der Waals surface area (Å²) in [6, 6.07) is 2.05. The van der Waals surface area contributed by atoms with E-state index in [4.69, 9.17) is 16.3 Å². The Morgan fingerprint density at radius 2 is 2.50 bits per heavy atom. The molecule has 2 unspecified atom stereocenters. The molecule has 1 aliphatic heterocycles. The number of ether oxygens (including phenoxy) is 1. The van der Waals surface area contributed by atoms with Crippen LogP contribution in [-0.4, -0.2) is 13.2 Å². The van der Waals surface area contributed by atoms with Crippen LogP contribution in [0.25, 0.3) is 0 Å². The summed E-state index contributed by atoms with van der Waals surface area (Å²) >= 11 is 11.7. The van der Waals surface area contributed by atoms with Crippen LogP contribution in [0.4, 0.5) is 0 Å². The zero-order valence-corrected chi connectivity index (χ0v) is 10.9. The van der Waals surface area contributed by atoms with Crippen molar-refractivity contribution in [1.82, 2.24) is 0 Å². The number of halogens is 2. The molecule has 2 rings (SSSR count). The predicted molar refractivity (Wildman–Crippen MR) is 64.2 cm³/mol. The largest absolute Gasteiger partial charge is 0.381 e. The smallest absolute Gasteiger partial charge is 0.0739 e. The Hall–Kier alpha value is 0.430. The predicted octanol–water partition coefficient (Wildman–Crippen LogP) is 4.22. The van der Waals surface area contributed by atoms with Gasteiger partial charge < -0.3 is 4.74 Å². The van der Waals surface area contributed by atoms with Crippen molar-refractivity contribution < 1.29 is 4.74 Å². The van der Waals surface area contributed by atoms with Crippen molar-refractivity contribution in [2.75, 3.05) is 13.2 Å². The Bertz CT molecular complexity index is 296. The lowest BCUT2D eigenvalue weighted by molar-refractivity contribution is 0.0534. The molecular formula is C10H12BrClOS. The van der Waals surface area contributed by atoms with Gasteiger partial charge in [-0.3, -0.25) is 0 Å². The first-order valence-electron chi connectivity index (χ1n) is 4.73. The first kappa shape index (κ1) is 10.9. The molecule has 1 aromatic rings. The van der Waals surface area contributed by atoms with Crippen molar-refractivity contribution in [1.29, 1.82) is 0 Å². The molecule has 0 N–H and O–H groups in total. The second kappa shape index (κ2) is 4.97. The quantitative estimate of drug-likeness (QED) is 0.742. The van der Waals surface area contributed by atoms with Crippen LogP contribution in [0.1, 0.15) is 23.1 Å². The third-order valence-electron chi connectivity index (χ3n) is 2.50. The van der Waals surface area contributed by atoms with Gasteiger partial charge in [-0.2, -0.15) is 0 Å². The van der Waals surface area contributed by atoms with E-state index in [-0.39, 0.29) is 5.38 Å². The zero-order chi connectivity index (χ0) is 9.97. The third-order valence-corrected chi connectivity index (χ3v) is 5.16. The van der Waals surface area contributed by atoms with Gasteiger partial charge in [0.25, 0.3) is 0 Å². The molecule has 0 amide bonds. The van der Waals surface area contributed by atoms with Gasteiger partial charge >= 0.3 is 0 Å². The molecule has 0 radical (unpaired) electrons. The molecular weight excluding hydrogens is 284 g/mol. The van der Waals surface area contributed by atoms with Crippen molar-refractivity contribution in [2.24, 2.45) is 5.92 Å². The Kier molecular flexibility index (Phi) is 3.88. The average Bonchev–Trinajstić information content (AvgIpc) is 2.65. The minimum atomic E-state index is 0.102. The van der Waals surface area contributed by atoms with E-state index in [1.54, 1.807) is 11.3 Å². The van der Waals surface area contributed by atoms with Gasteiger partial charge in [0, 0.05) is 21.9 Å². The molecule has 0 aromatic carbocycles. The minimum Gasteiger partial charge on any atom is -0.381 e. The van der Waals surface area contributed by atoms with Crippen LogP contribution in [0.3, 0.4) is 0 Å². The fourth-order valence-corrected chi connectivity index (χ4v) is 4.00. The third kappa shape index (κ3) is 2.32. The van der Waals surface area contributed by atoms with Gasteiger partial charge in [0.2, 0.25) is 0 Å². The normalized spacial score (nSPS) is 24.9. The molecule has 1 nitrogen and oxygen atoms in total. The molecule has 2 heterocycles. The Labute approximate surface area is 102 Å². The minimum absolute atomic E-state index is 0.102. The molecule has 1 saturated heterocycles. The second-order valence-electron chi connectivity index (χ2n) is 3.51. The van der Waals surface area contributed by atoms with E-state index in [2.05, 4.69) is 27.4 Å². The lowest BCUT2D eigenvalue weighted by atomic mass is 9.97. The number of rotatable bonds is 2. The maximum atomic E-state index is 6.43. The summed E-state index contributed by atoms with van der Waals surface area (Å²) in [5.74, 6) is 0.473. The van der Waals surface area contributed by atoms with Crippen molar-refractivity contribution in [3.05, 3.63) is 20.8 Å². The molecule has 1 fully saturated rings. The molecule has 0 spiro atoms. The molecule has 14 heavy (non-hydrogen) atoms. The maximum Gasteiger partial charge on any atom is 0.0739 e. The highest BCUT2D eigenvalue weighted by Crippen LogP contribution is 2.40. The van der Waals surface area contributed by atoms with Crippen molar-refractivity contribution in [3.8, 4) is 0 Å². The molecule has 78 valence electrons. The zero-order valence-electron chi connectivity index (χ0n) is 7.71. The molecule has 0 bridgehead atoms. The van der Waals surface area contributed by atoms with E-state index in [0.29, 0.717) is 5.92 Å².